The lowest BCUT2D eigenvalue weighted by Gasteiger charge is -2.22. The van der Waals surface area contributed by atoms with Crippen LogP contribution in [-0.4, -0.2) is 14.8 Å². The van der Waals surface area contributed by atoms with Gasteiger partial charge < -0.3 is 4.57 Å². The average molecular weight is 250 g/mol. The van der Waals surface area contributed by atoms with Gasteiger partial charge in [-0.3, -0.25) is 0 Å². The lowest BCUT2D eigenvalue weighted by atomic mass is 10.1. The molecule has 17 heavy (non-hydrogen) atoms. The zero-order valence-corrected chi connectivity index (χ0v) is 11.1. The second-order valence-corrected chi connectivity index (χ2v) is 5.53. The minimum absolute atomic E-state index is 0.00522. The summed E-state index contributed by atoms with van der Waals surface area (Å²) >= 11 is 5.86. The van der Waals surface area contributed by atoms with Crippen molar-refractivity contribution in [3.8, 4) is 0 Å². The Morgan fingerprint density at radius 2 is 1.82 bits per heavy atom. The molecule has 0 aliphatic carbocycles. The minimum atomic E-state index is 0.00522. The van der Waals surface area contributed by atoms with E-state index in [0.29, 0.717) is 0 Å². The Hall–Kier alpha value is -1.35. The summed E-state index contributed by atoms with van der Waals surface area (Å²) in [5, 5.41) is 8.93. The molecule has 1 aromatic carbocycles. The lowest BCUT2D eigenvalue weighted by Crippen LogP contribution is -2.23. The molecule has 0 bridgehead atoms. The number of halogens is 1. The van der Waals surface area contributed by atoms with Crippen LogP contribution in [0.1, 0.15) is 32.2 Å². The summed E-state index contributed by atoms with van der Waals surface area (Å²) in [4.78, 5) is 0. The fourth-order valence-corrected chi connectivity index (χ4v) is 1.85. The predicted octanol–water partition coefficient (Wildman–Crippen LogP) is 3.28. The average Bonchev–Trinajstić information content (AvgIpc) is 2.69. The summed E-state index contributed by atoms with van der Waals surface area (Å²) in [6.45, 7) is 6.42. The van der Waals surface area contributed by atoms with Crippen LogP contribution in [0.2, 0.25) is 5.02 Å². The van der Waals surface area contributed by atoms with Gasteiger partial charge >= 0.3 is 0 Å². The Balaban J connectivity index is 2.25. The van der Waals surface area contributed by atoms with E-state index in [2.05, 4.69) is 35.5 Å². The van der Waals surface area contributed by atoms with E-state index in [1.165, 1.54) is 5.56 Å². The molecule has 2 aromatic rings. The lowest BCUT2D eigenvalue weighted by molar-refractivity contribution is 0.384. The fraction of sp³-hybridized carbons (Fsp3) is 0.385. The van der Waals surface area contributed by atoms with Crippen molar-refractivity contribution >= 4 is 11.6 Å². The molecular weight excluding hydrogens is 234 g/mol. The van der Waals surface area contributed by atoms with E-state index < -0.39 is 0 Å². The maximum atomic E-state index is 5.86. The molecule has 1 heterocycles. The highest BCUT2D eigenvalue weighted by Gasteiger charge is 2.17. The van der Waals surface area contributed by atoms with Crippen molar-refractivity contribution in [3.05, 3.63) is 47.0 Å². The highest BCUT2D eigenvalue weighted by molar-refractivity contribution is 6.30. The van der Waals surface area contributed by atoms with Crippen LogP contribution in [0.3, 0.4) is 0 Å². The summed E-state index contributed by atoms with van der Waals surface area (Å²) in [5.41, 5.74) is 1.19. The van der Waals surface area contributed by atoms with Crippen LogP contribution >= 0.6 is 11.6 Å². The molecule has 2 rings (SSSR count). The first-order valence-electron chi connectivity index (χ1n) is 5.60. The molecule has 0 amide bonds. The molecule has 90 valence electrons. The van der Waals surface area contributed by atoms with Crippen molar-refractivity contribution in [1.82, 2.24) is 14.8 Å². The van der Waals surface area contributed by atoms with Crippen molar-refractivity contribution in [2.24, 2.45) is 0 Å². The van der Waals surface area contributed by atoms with E-state index in [9.17, 15) is 0 Å². The van der Waals surface area contributed by atoms with E-state index >= 15 is 0 Å². The Labute approximate surface area is 106 Å². The topological polar surface area (TPSA) is 30.7 Å². The first-order chi connectivity index (χ1) is 7.97. The molecule has 0 saturated heterocycles. The van der Waals surface area contributed by atoms with Gasteiger partial charge in [0, 0.05) is 17.0 Å². The number of aromatic nitrogens is 3. The van der Waals surface area contributed by atoms with Gasteiger partial charge in [0.2, 0.25) is 0 Å². The number of hydrogen-bond acceptors (Lipinski definition) is 2. The van der Waals surface area contributed by atoms with Gasteiger partial charge in [0.25, 0.3) is 0 Å². The summed E-state index contributed by atoms with van der Waals surface area (Å²) in [7, 11) is 0. The van der Waals surface area contributed by atoms with Gasteiger partial charge in [0.05, 0.1) is 0 Å². The number of rotatable bonds is 2. The van der Waals surface area contributed by atoms with Crippen LogP contribution in [0.15, 0.2) is 30.6 Å². The fourth-order valence-electron chi connectivity index (χ4n) is 1.72. The Kier molecular flexibility index (Phi) is 3.20. The van der Waals surface area contributed by atoms with Gasteiger partial charge in [0.1, 0.15) is 12.2 Å². The molecule has 0 N–H and O–H groups in total. The van der Waals surface area contributed by atoms with Gasteiger partial charge in [-0.1, -0.05) is 23.7 Å². The third-order valence-corrected chi connectivity index (χ3v) is 2.87. The molecular formula is C13H16ClN3. The van der Waals surface area contributed by atoms with E-state index in [4.69, 9.17) is 11.6 Å². The smallest absolute Gasteiger partial charge is 0.137 e. The molecule has 1 aromatic heterocycles. The Morgan fingerprint density at radius 1 is 1.18 bits per heavy atom. The van der Waals surface area contributed by atoms with Crippen LogP contribution < -0.4 is 0 Å². The third kappa shape index (κ3) is 2.86. The monoisotopic (exact) mass is 249 g/mol. The number of hydrogen-bond donors (Lipinski definition) is 0. The quantitative estimate of drug-likeness (QED) is 0.818. The maximum absolute atomic E-state index is 5.86. The molecule has 4 heteroatoms. The second-order valence-electron chi connectivity index (χ2n) is 5.09. The minimum Gasteiger partial charge on any atom is -0.312 e. The van der Waals surface area contributed by atoms with Gasteiger partial charge in [-0.15, -0.1) is 10.2 Å². The standard InChI is InChI=1S/C13H16ClN3/c1-13(2,3)17-9-15-16-12(17)8-10-4-6-11(14)7-5-10/h4-7,9H,8H2,1-3H3. The number of nitrogens with zero attached hydrogens (tertiary/aromatic N) is 3. The molecule has 0 aliphatic rings. The van der Waals surface area contributed by atoms with E-state index in [1.807, 2.05) is 24.3 Å². The zero-order valence-electron chi connectivity index (χ0n) is 10.3. The largest absolute Gasteiger partial charge is 0.312 e. The normalized spacial score (nSPS) is 11.8. The van der Waals surface area contributed by atoms with Crippen LogP contribution in [0.25, 0.3) is 0 Å². The van der Waals surface area contributed by atoms with Gasteiger partial charge in [-0.05, 0) is 38.5 Å². The first kappa shape index (κ1) is 12.1. The molecule has 0 aliphatic heterocycles. The maximum Gasteiger partial charge on any atom is 0.137 e. The molecule has 3 nitrogen and oxygen atoms in total. The van der Waals surface area contributed by atoms with E-state index in [-0.39, 0.29) is 5.54 Å². The molecule has 0 unspecified atom stereocenters. The molecule has 0 radical (unpaired) electrons. The first-order valence-corrected chi connectivity index (χ1v) is 5.98. The van der Waals surface area contributed by atoms with E-state index in [1.54, 1.807) is 6.33 Å². The molecule has 0 atom stereocenters. The van der Waals surface area contributed by atoms with Crippen LogP contribution in [-0.2, 0) is 12.0 Å². The Morgan fingerprint density at radius 3 is 2.41 bits per heavy atom. The summed E-state index contributed by atoms with van der Waals surface area (Å²) < 4.78 is 2.10. The number of benzene rings is 1. The van der Waals surface area contributed by atoms with Crippen molar-refractivity contribution < 1.29 is 0 Å². The summed E-state index contributed by atoms with van der Waals surface area (Å²) in [6, 6.07) is 7.83. The van der Waals surface area contributed by atoms with E-state index in [0.717, 1.165) is 17.3 Å². The third-order valence-electron chi connectivity index (χ3n) is 2.62. The molecule has 0 spiro atoms. The zero-order chi connectivity index (χ0) is 12.5. The highest BCUT2D eigenvalue weighted by Crippen LogP contribution is 2.18. The summed E-state index contributed by atoms with van der Waals surface area (Å²) in [6.07, 6.45) is 2.56. The van der Waals surface area contributed by atoms with Crippen molar-refractivity contribution in [2.45, 2.75) is 32.7 Å². The van der Waals surface area contributed by atoms with Crippen LogP contribution in [0, 0.1) is 0 Å². The SMILES string of the molecule is CC(C)(C)n1cnnc1Cc1ccc(Cl)cc1. The molecule has 0 saturated carbocycles. The predicted molar refractivity (Wildman–Crippen MR) is 69.3 cm³/mol. The van der Waals surface area contributed by atoms with Crippen LogP contribution in [0.5, 0.6) is 0 Å². The highest BCUT2D eigenvalue weighted by atomic mass is 35.5. The van der Waals surface area contributed by atoms with Gasteiger partial charge in [-0.2, -0.15) is 0 Å². The second kappa shape index (κ2) is 4.49. The van der Waals surface area contributed by atoms with Crippen molar-refractivity contribution in [3.63, 3.8) is 0 Å². The summed E-state index contributed by atoms with van der Waals surface area (Å²) in [5.74, 6) is 0.972. The van der Waals surface area contributed by atoms with Crippen molar-refractivity contribution in [2.75, 3.05) is 0 Å². The van der Waals surface area contributed by atoms with Crippen LogP contribution in [0.4, 0.5) is 0 Å². The van der Waals surface area contributed by atoms with Gasteiger partial charge in [-0.25, -0.2) is 0 Å². The van der Waals surface area contributed by atoms with Crippen molar-refractivity contribution in [1.29, 1.82) is 0 Å². The van der Waals surface area contributed by atoms with Gasteiger partial charge in [0.15, 0.2) is 0 Å². The molecule has 0 fully saturated rings. The Bertz CT molecular complexity index is 494.